The van der Waals surface area contributed by atoms with Crippen molar-refractivity contribution in [3.05, 3.63) is 113 Å². The van der Waals surface area contributed by atoms with Crippen LogP contribution in [-0.4, -0.2) is 68.7 Å². The van der Waals surface area contributed by atoms with Crippen LogP contribution in [0.4, 0.5) is 4.39 Å². The van der Waals surface area contributed by atoms with Gasteiger partial charge in [0.1, 0.15) is 29.2 Å². The van der Waals surface area contributed by atoms with Crippen LogP contribution in [0.5, 0.6) is 17.2 Å². The van der Waals surface area contributed by atoms with E-state index in [2.05, 4.69) is 15.5 Å². The maximum absolute atomic E-state index is 15.2. The van der Waals surface area contributed by atoms with Gasteiger partial charge in [0.2, 0.25) is 0 Å². The van der Waals surface area contributed by atoms with Gasteiger partial charge in [-0.3, -0.25) is 14.5 Å². The van der Waals surface area contributed by atoms with Crippen molar-refractivity contribution in [3.63, 3.8) is 0 Å². The Labute approximate surface area is 277 Å². The maximum Gasteiger partial charge on any atom is 0.337 e. The van der Waals surface area contributed by atoms with Crippen LogP contribution in [0, 0.1) is 5.82 Å². The Bertz CT molecular complexity index is 1830. The minimum atomic E-state index is -0.660. The van der Waals surface area contributed by atoms with Gasteiger partial charge in [-0.15, -0.1) is 0 Å². The lowest BCUT2D eigenvalue weighted by Crippen LogP contribution is -2.56. The molecule has 2 N–H and O–H groups in total. The molecule has 48 heavy (non-hydrogen) atoms. The summed E-state index contributed by atoms with van der Waals surface area (Å²) in [4.78, 5) is 40.7. The predicted octanol–water partition coefficient (Wildman–Crippen LogP) is 4.75. The summed E-state index contributed by atoms with van der Waals surface area (Å²) < 4.78 is 37.9. The van der Waals surface area contributed by atoms with Crippen molar-refractivity contribution in [3.8, 4) is 28.4 Å². The highest BCUT2D eigenvalue weighted by Gasteiger charge is 2.33. The fourth-order valence-electron chi connectivity index (χ4n) is 6.00. The highest BCUT2D eigenvalue weighted by atomic mass is 19.1. The molecule has 6 bridgehead atoms. The average Bonchev–Trinajstić information content (AvgIpc) is 3.10. The zero-order valence-corrected chi connectivity index (χ0v) is 26.7. The molecule has 11 heteroatoms. The Balaban J connectivity index is 1.32. The molecular formula is C37H36FN3O7. The summed E-state index contributed by atoms with van der Waals surface area (Å²) in [7, 11) is 2.88. The van der Waals surface area contributed by atoms with Crippen molar-refractivity contribution in [2.45, 2.75) is 31.7 Å². The number of esters is 1. The molecule has 3 aliphatic heterocycles. The van der Waals surface area contributed by atoms with Gasteiger partial charge in [0, 0.05) is 37.8 Å². The Morgan fingerprint density at radius 3 is 2.62 bits per heavy atom. The highest BCUT2D eigenvalue weighted by Crippen LogP contribution is 2.29. The largest absolute Gasteiger partial charge is 0.496 e. The predicted molar refractivity (Wildman–Crippen MR) is 176 cm³/mol. The molecule has 0 spiro atoms. The lowest BCUT2D eigenvalue weighted by Gasteiger charge is -2.39. The number of carbonyl (C=O) groups is 3. The molecule has 1 saturated heterocycles. The van der Waals surface area contributed by atoms with Gasteiger partial charge in [-0.05, 0) is 71.6 Å². The zero-order valence-electron chi connectivity index (χ0n) is 26.7. The molecule has 0 radical (unpaired) electrons. The topological polar surface area (TPSA) is 115 Å². The fourth-order valence-corrected chi connectivity index (χ4v) is 6.00. The SMILES string of the molecule is COC(=O)c1cccc(CN2CC[C@@H]3Oc4ccc(c(OC)c4)CNC(=O)COc4cccc(c4)-c4ccc(F)c(c4)C(=O)N[C@@H]3C2)c1. The molecule has 10 nitrogen and oxygen atoms in total. The maximum atomic E-state index is 15.2. The number of likely N-dealkylation sites (tertiary alicyclic amines) is 1. The summed E-state index contributed by atoms with van der Waals surface area (Å²) in [5.74, 6) is -0.466. The number of nitrogens with one attached hydrogen (secondary N) is 2. The Hall–Kier alpha value is -5.42. The average molecular weight is 654 g/mol. The van der Waals surface area contributed by atoms with Crippen molar-refractivity contribution >= 4 is 17.8 Å². The quantitative estimate of drug-likeness (QED) is 0.304. The van der Waals surface area contributed by atoms with E-state index in [9.17, 15) is 14.4 Å². The monoisotopic (exact) mass is 653 g/mol. The van der Waals surface area contributed by atoms with Crippen LogP contribution in [0.1, 0.15) is 38.3 Å². The van der Waals surface area contributed by atoms with E-state index in [-0.39, 0.29) is 24.6 Å². The summed E-state index contributed by atoms with van der Waals surface area (Å²) in [5, 5.41) is 5.91. The second-order valence-electron chi connectivity index (χ2n) is 11.7. The van der Waals surface area contributed by atoms with E-state index in [0.717, 1.165) is 11.1 Å². The number of carbonyl (C=O) groups excluding carboxylic acids is 3. The van der Waals surface area contributed by atoms with Crippen LogP contribution in [0.25, 0.3) is 11.1 Å². The summed E-state index contributed by atoms with van der Waals surface area (Å²) in [6, 6.07) is 23.5. The van der Waals surface area contributed by atoms with Gasteiger partial charge in [0.05, 0.1) is 31.4 Å². The lowest BCUT2D eigenvalue weighted by molar-refractivity contribution is -0.123. The van der Waals surface area contributed by atoms with E-state index >= 15 is 4.39 Å². The molecular weight excluding hydrogens is 617 g/mol. The minimum absolute atomic E-state index is 0.111. The van der Waals surface area contributed by atoms with E-state index in [0.29, 0.717) is 60.0 Å². The molecule has 2 atom stereocenters. The first kappa shape index (κ1) is 32.5. The molecule has 4 aromatic rings. The molecule has 0 unspecified atom stereocenters. The summed E-state index contributed by atoms with van der Waals surface area (Å²) in [5.41, 5.74) is 3.31. The molecule has 0 aromatic heterocycles. The number of rotatable bonds is 4. The number of amides is 2. The van der Waals surface area contributed by atoms with Crippen LogP contribution in [-0.2, 0) is 22.6 Å². The Morgan fingerprint density at radius 1 is 0.958 bits per heavy atom. The third-order valence-corrected chi connectivity index (χ3v) is 8.47. The standard InChI is InChI=1S/C37H36FN3O7/c1-45-34-18-29-11-9-27(34)19-39-35(42)22-47-28-8-4-6-24(16-28)25-10-12-31(38)30(17-25)36(43)40-32-21-41(14-13-33(32)48-29)20-23-5-3-7-26(15-23)37(44)46-2/h3-12,15-18,32-33H,13-14,19-22H2,1-2H3,(H,39,42)(H,40,43)/t32-,33+/m1/s1. The van der Waals surface area contributed by atoms with Crippen molar-refractivity contribution in [2.24, 2.45) is 0 Å². The van der Waals surface area contributed by atoms with Crippen LogP contribution in [0.2, 0.25) is 0 Å². The third-order valence-electron chi connectivity index (χ3n) is 8.47. The lowest BCUT2D eigenvalue weighted by atomic mass is 9.99. The number of hydrogen-bond acceptors (Lipinski definition) is 8. The molecule has 2 amide bonds. The van der Waals surface area contributed by atoms with Gasteiger partial charge in [0.15, 0.2) is 6.61 Å². The van der Waals surface area contributed by atoms with Gasteiger partial charge in [0.25, 0.3) is 11.8 Å². The first-order chi connectivity index (χ1) is 23.3. The molecule has 3 heterocycles. The summed E-state index contributed by atoms with van der Waals surface area (Å²) >= 11 is 0. The zero-order chi connectivity index (χ0) is 33.6. The Kier molecular flexibility index (Phi) is 9.86. The number of halogens is 1. The summed E-state index contributed by atoms with van der Waals surface area (Å²) in [6.07, 6.45) is 0.101. The molecule has 4 aromatic carbocycles. The van der Waals surface area contributed by atoms with E-state index in [1.807, 2.05) is 18.2 Å². The van der Waals surface area contributed by atoms with Crippen molar-refractivity contribution in [2.75, 3.05) is 33.9 Å². The van der Waals surface area contributed by atoms with E-state index in [1.165, 1.54) is 19.2 Å². The normalized spacial score (nSPS) is 18.3. The van der Waals surface area contributed by atoms with Gasteiger partial charge in [-0.2, -0.15) is 0 Å². The molecule has 0 saturated carbocycles. The molecule has 248 valence electrons. The van der Waals surface area contributed by atoms with E-state index in [4.69, 9.17) is 18.9 Å². The number of benzene rings is 4. The van der Waals surface area contributed by atoms with Crippen molar-refractivity contribution in [1.82, 2.24) is 15.5 Å². The third kappa shape index (κ3) is 7.58. The van der Waals surface area contributed by atoms with E-state index in [1.54, 1.807) is 61.7 Å². The van der Waals surface area contributed by atoms with Crippen molar-refractivity contribution < 1.29 is 37.7 Å². The number of piperidine rings is 1. The molecule has 3 aliphatic rings. The van der Waals surface area contributed by atoms with Crippen molar-refractivity contribution in [1.29, 1.82) is 0 Å². The summed E-state index contributed by atoms with van der Waals surface area (Å²) in [6.45, 7) is 1.57. The van der Waals surface area contributed by atoms with Gasteiger partial charge in [-0.25, -0.2) is 9.18 Å². The molecule has 1 fully saturated rings. The van der Waals surface area contributed by atoms with Crippen LogP contribution < -0.4 is 24.8 Å². The second kappa shape index (κ2) is 14.6. The smallest absolute Gasteiger partial charge is 0.337 e. The van der Waals surface area contributed by atoms with Gasteiger partial charge in [-0.1, -0.05) is 30.3 Å². The van der Waals surface area contributed by atoms with Crippen LogP contribution >= 0.6 is 0 Å². The first-order valence-corrected chi connectivity index (χ1v) is 15.6. The molecule has 0 aliphatic carbocycles. The van der Waals surface area contributed by atoms with Gasteiger partial charge < -0.3 is 29.6 Å². The fraction of sp³-hybridized carbons (Fsp3) is 0.270. The number of hydrogen-bond donors (Lipinski definition) is 2. The molecule has 7 rings (SSSR count). The van der Waals surface area contributed by atoms with Gasteiger partial charge >= 0.3 is 5.97 Å². The second-order valence-corrected chi connectivity index (χ2v) is 11.7. The minimum Gasteiger partial charge on any atom is -0.496 e. The van der Waals surface area contributed by atoms with Crippen LogP contribution in [0.15, 0.2) is 84.9 Å². The highest BCUT2D eigenvalue weighted by molar-refractivity contribution is 5.96. The van der Waals surface area contributed by atoms with E-state index < -0.39 is 29.8 Å². The first-order valence-electron chi connectivity index (χ1n) is 15.6. The van der Waals surface area contributed by atoms with Crippen LogP contribution in [0.3, 0.4) is 0 Å². The number of fused-ring (bicyclic) bond motifs is 7. The Morgan fingerprint density at radius 2 is 1.79 bits per heavy atom. The number of nitrogens with zero attached hydrogens (tertiary/aromatic N) is 1. The number of ether oxygens (including phenoxy) is 4. The number of methoxy groups -OCH3 is 2.